The quantitative estimate of drug-likeness (QED) is 0.158. The summed E-state index contributed by atoms with van der Waals surface area (Å²) in [7, 11) is 0. The van der Waals surface area contributed by atoms with Crippen molar-refractivity contribution in [2.24, 2.45) is 0 Å². The molecule has 6 aromatic rings. The van der Waals surface area contributed by atoms with Crippen LogP contribution in [0.25, 0.3) is 16.0 Å². The fourth-order valence-electron chi connectivity index (χ4n) is 6.97. The van der Waals surface area contributed by atoms with Gasteiger partial charge in [-0.25, -0.2) is 4.85 Å². The van der Waals surface area contributed by atoms with Crippen LogP contribution in [0.2, 0.25) is 0 Å². The van der Waals surface area contributed by atoms with Crippen molar-refractivity contribution in [1.29, 1.82) is 0 Å². The molecule has 0 amide bonds. The van der Waals surface area contributed by atoms with Gasteiger partial charge in [-0.3, -0.25) is 0 Å². The Labute approximate surface area is 249 Å². The van der Waals surface area contributed by atoms with Crippen molar-refractivity contribution < 1.29 is 0 Å². The lowest BCUT2D eigenvalue weighted by molar-refractivity contribution is 1.17. The van der Waals surface area contributed by atoms with E-state index in [1.165, 1.54) is 48.9 Å². The third kappa shape index (κ3) is 3.19. The van der Waals surface area contributed by atoms with Crippen LogP contribution in [-0.2, 0) is 0 Å². The van der Waals surface area contributed by atoms with E-state index in [0.29, 0.717) is 5.69 Å². The average molecular weight is 551 g/mol. The highest BCUT2D eigenvalue weighted by atomic mass is 32.2. The molecule has 0 aromatic heterocycles. The van der Waals surface area contributed by atoms with E-state index in [1.807, 2.05) is 30.0 Å². The zero-order chi connectivity index (χ0) is 27.8. The molecule has 6 aromatic carbocycles. The molecule has 0 fully saturated rings. The molecule has 3 aliphatic rings. The molecule has 0 bridgehead atoms. The molecule has 5 heteroatoms. The Morgan fingerprint density at radius 3 is 2.10 bits per heavy atom. The summed E-state index contributed by atoms with van der Waals surface area (Å²) in [5.41, 5.74) is 13.7. The zero-order valence-corrected chi connectivity index (χ0v) is 23.3. The Hall–Kier alpha value is -5.18. The second-order valence-corrected chi connectivity index (χ2v) is 11.9. The van der Waals surface area contributed by atoms with Crippen LogP contribution < -0.4 is 26.2 Å². The number of hydrogen-bond acceptors (Lipinski definition) is 3. The topological polar surface area (TPSA) is 10.8 Å². The number of fused-ring (bicyclic) bond motifs is 6. The third-order valence-corrected chi connectivity index (χ3v) is 9.75. The minimum absolute atomic E-state index is 0.0911. The lowest BCUT2D eigenvalue weighted by atomic mass is 9.33. The molecule has 0 aliphatic carbocycles. The summed E-state index contributed by atoms with van der Waals surface area (Å²) in [6.45, 7) is 8.03. The Bertz CT molecular complexity index is 2120. The van der Waals surface area contributed by atoms with Gasteiger partial charge in [0.05, 0.1) is 17.9 Å². The molecule has 3 nitrogen and oxygen atoms in total. The first-order valence-electron chi connectivity index (χ1n) is 14.1. The van der Waals surface area contributed by atoms with Gasteiger partial charge < -0.3 is 9.80 Å². The molecule has 0 saturated carbocycles. The summed E-state index contributed by atoms with van der Waals surface area (Å²) in [4.78, 5) is 11.3. The molecule has 0 atom stereocenters. The molecule has 0 spiro atoms. The second kappa shape index (κ2) is 8.91. The highest BCUT2D eigenvalue weighted by molar-refractivity contribution is 7.99. The van der Waals surface area contributed by atoms with Crippen LogP contribution >= 0.6 is 11.8 Å². The summed E-state index contributed by atoms with van der Waals surface area (Å²) >= 11 is 1.85. The molecule has 0 radical (unpaired) electrons. The number of nitrogens with zero attached hydrogens (tertiary/aromatic N) is 3. The van der Waals surface area contributed by atoms with Gasteiger partial charge in [-0.15, -0.1) is 0 Å². The van der Waals surface area contributed by atoms with Crippen LogP contribution in [0.15, 0.2) is 143 Å². The highest BCUT2D eigenvalue weighted by Crippen LogP contribution is 2.54. The van der Waals surface area contributed by atoms with Crippen LogP contribution in [-0.4, -0.2) is 6.71 Å². The number of hydrogen-bond donors (Lipinski definition) is 0. The summed E-state index contributed by atoms with van der Waals surface area (Å²) in [6.07, 6.45) is 0. The van der Waals surface area contributed by atoms with Crippen LogP contribution in [0.5, 0.6) is 0 Å². The molecular formula is C37H22BN3S. The molecule has 0 N–H and O–H groups in total. The highest BCUT2D eigenvalue weighted by Gasteiger charge is 2.45. The Kier molecular flexibility index (Phi) is 4.99. The van der Waals surface area contributed by atoms with Crippen LogP contribution in [0.3, 0.4) is 0 Å². The fraction of sp³-hybridized carbons (Fsp3) is 0. The number of rotatable bonds is 2. The number of benzene rings is 6. The molecular weight excluding hydrogens is 529 g/mol. The Morgan fingerprint density at radius 2 is 1.24 bits per heavy atom. The van der Waals surface area contributed by atoms with E-state index in [2.05, 4.69) is 130 Å². The minimum Gasteiger partial charge on any atom is -0.311 e. The lowest BCUT2D eigenvalue weighted by Gasteiger charge is -2.46. The van der Waals surface area contributed by atoms with Gasteiger partial charge in [-0.2, -0.15) is 0 Å². The van der Waals surface area contributed by atoms with Crippen molar-refractivity contribution in [3.8, 4) is 11.1 Å². The molecule has 9 rings (SSSR count). The van der Waals surface area contributed by atoms with Crippen molar-refractivity contribution in [2.75, 3.05) is 9.80 Å². The van der Waals surface area contributed by atoms with Crippen LogP contribution in [0.4, 0.5) is 39.8 Å². The molecule has 42 heavy (non-hydrogen) atoms. The van der Waals surface area contributed by atoms with E-state index in [9.17, 15) is 0 Å². The van der Waals surface area contributed by atoms with E-state index in [-0.39, 0.29) is 6.71 Å². The largest absolute Gasteiger partial charge is 0.311 e. The van der Waals surface area contributed by atoms with E-state index in [4.69, 9.17) is 6.57 Å². The second-order valence-electron chi connectivity index (χ2n) is 10.8. The molecule has 194 valence electrons. The lowest BCUT2D eigenvalue weighted by Crippen LogP contribution is -2.61. The Balaban J connectivity index is 1.45. The van der Waals surface area contributed by atoms with E-state index in [0.717, 1.165) is 22.5 Å². The van der Waals surface area contributed by atoms with E-state index >= 15 is 0 Å². The number of anilines is 6. The van der Waals surface area contributed by atoms with Crippen LogP contribution in [0, 0.1) is 6.57 Å². The third-order valence-electron chi connectivity index (χ3n) is 8.64. The zero-order valence-electron chi connectivity index (χ0n) is 22.5. The van der Waals surface area contributed by atoms with E-state index in [1.54, 1.807) is 0 Å². The first kappa shape index (κ1) is 23.5. The van der Waals surface area contributed by atoms with Gasteiger partial charge in [-0.1, -0.05) is 96.7 Å². The Morgan fingerprint density at radius 1 is 0.571 bits per heavy atom. The molecule has 3 heterocycles. The standard InChI is InChI=1S/C37H22BN3S/c1-39-29-17-7-5-14-26(29)24-22-32-36-33(23-24)41-31-19-9-10-20-34(31)42-35-21-11-16-28(37(35)41)38(36)27-15-6-8-18-30(27)40(32)25-12-3-2-4-13-25/h2-23H. The van der Waals surface area contributed by atoms with Crippen molar-refractivity contribution in [3.05, 3.63) is 145 Å². The average Bonchev–Trinajstić information content (AvgIpc) is 3.06. The summed E-state index contributed by atoms with van der Waals surface area (Å²) in [5.74, 6) is 0. The van der Waals surface area contributed by atoms with E-state index < -0.39 is 0 Å². The molecule has 0 unspecified atom stereocenters. The first-order valence-corrected chi connectivity index (χ1v) is 14.9. The van der Waals surface area contributed by atoms with Crippen molar-refractivity contribution >= 4 is 74.7 Å². The smallest absolute Gasteiger partial charge is 0.252 e. The monoisotopic (exact) mass is 551 g/mol. The maximum absolute atomic E-state index is 7.94. The maximum atomic E-state index is 7.94. The predicted octanol–water partition coefficient (Wildman–Crippen LogP) is 8.45. The molecule has 3 aliphatic heterocycles. The number of para-hydroxylation sites is 5. The van der Waals surface area contributed by atoms with Crippen molar-refractivity contribution in [2.45, 2.75) is 9.79 Å². The van der Waals surface area contributed by atoms with Gasteiger partial charge >= 0.3 is 0 Å². The first-order chi connectivity index (χ1) is 20.8. The van der Waals surface area contributed by atoms with Gasteiger partial charge in [0, 0.05) is 32.5 Å². The fourth-order valence-corrected chi connectivity index (χ4v) is 8.07. The summed E-state index contributed by atoms with van der Waals surface area (Å²) < 4.78 is 0. The maximum Gasteiger partial charge on any atom is 0.252 e. The summed E-state index contributed by atoms with van der Waals surface area (Å²) in [6, 6.07) is 47.6. The van der Waals surface area contributed by atoms with Crippen molar-refractivity contribution in [1.82, 2.24) is 0 Å². The minimum atomic E-state index is 0.0911. The molecule has 0 saturated heterocycles. The SMILES string of the molecule is [C-]#[N+]c1ccccc1-c1cc2c3c(c1)N1c4ccccc4Sc4cccc(c41)B3c1ccccc1N2c1ccccc1. The van der Waals surface area contributed by atoms with Crippen molar-refractivity contribution in [3.63, 3.8) is 0 Å². The van der Waals surface area contributed by atoms with Gasteiger partial charge in [0.1, 0.15) is 0 Å². The van der Waals surface area contributed by atoms with Gasteiger partial charge in [0.15, 0.2) is 5.69 Å². The summed E-state index contributed by atoms with van der Waals surface area (Å²) in [5, 5.41) is 0. The predicted molar refractivity (Wildman–Crippen MR) is 176 cm³/mol. The van der Waals surface area contributed by atoms with Crippen LogP contribution in [0.1, 0.15) is 0 Å². The van der Waals surface area contributed by atoms with Gasteiger partial charge in [0.2, 0.25) is 0 Å². The van der Waals surface area contributed by atoms with Gasteiger partial charge in [0.25, 0.3) is 6.71 Å². The normalized spacial score (nSPS) is 13.5. The van der Waals surface area contributed by atoms with Gasteiger partial charge in [-0.05, 0) is 76.0 Å².